The summed E-state index contributed by atoms with van der Waals surface area (Å²) in [6, 6.07) is 10.0. The maximum absolute atomic E-state index is 12.2. The van der Waals surface area contributed by atoms with E-state index in [-0.39, 0.29) is 11.8 Å². The van der Waals surface area contributed by atoms with Gasteiger partial charge in [-0.2, -0.15) is 5.10 Å². The fourth-order valence-corrected chi connectivity index (χ4v) is 2.94. The Morgan fingerprint density at radius 1 is 1.33 bits per heavy atom. The molecule has 1 aromatic heterocycles. The molecular formula is C19H27N3O2. The number of carbonyl (C=O) groups excluding carboxylic acids is 1. The second kappa shape index (κ2) is 8.64. The summed E-state index contributed by atoms with van der Waals surface area (Å²) < 4.78 is 1.77. The van der Waals surface area contributed by atoms with Gasteiger partial charge in [0.05, 0.1) is 11.8 Å². The second-order valence-corrected chi connectivity index (χ2v) is 6.41. The Kier molecular flexibility index (Phi) is 6.55. The molecule has 1 aromatic carbocycles. The molecule has 2 aromatic rings. The van der Waals surface area contributed by atoms with E-state index in [9.17, 15) is 9.90 Å². The second-order valence-electron chi connectivity index (χ2n) is 6.41. The molecule has 1 amide bonds. The minimum Gasteiger partial charge on any atom is -0.393 e. The molecule has 0 radical (unpaired) electrons. The summed E-state index contributed by atoms with van der Waals surface area (Å²) in [5, 5.41) is 17.0. The molecule has 2 unspecified atom stereocenters. The van der Waals surface area contributed by atoms with Gasteiger partial charge in [0.1, 0.15) is 0 Å². The van der Waals surface area contributed by atoms with Crippen molar-refractivity contribution in [3.8, 4) is 0 Å². The van der Waals surface area contributed by atoms with E-state index in [0.29, 0.717) is 25.8 Å². The Balaban J connectivity index is 1.86. The number of aliphatic hydroxyl groups is 1. The predicted molar refractivity (Wildman–Crippen MR) is 94.8 cm³/mol. The van der Waals surface area contributed by atoms with Crippen LogP contribution in [0.4, 0.5) is 0 Å². The van der Waals surface area contributed by atoms with Gasteiger partial charge in [-0.3, -0.25) is 9.48 Å². The van der Waals surface area contributed by atoms with E-state index in [1.54, 1.807) is 11.6 Å². The Bertz CT molecular complexity index is 650. The first-order chi connectivity index (χ1) is 11.5. The van der Waals surface area contributed by atoms with Crippen LogP contribution in [0, 0.1) is 6.92 Å². The van der Waals surface area contributed by atoms with Crippen LogP contribution in [-0.2, 0) is 18.3 Å². The zero-order valence-corrected chi connectivity index (χ0v) is 14.7. The third-order valence-corrected chi connectivity index (χ3v) is 4.18. The molecule has 24 heavy (non-hydrogen) atoms. The molecule has 2 atom stereocenters. The zero-order chi connectivity index (χ0) is 17.5. The summed E-state index contributed by atoms with van der Waals surface area (Å²) in [5.41, 5.74) is 3.22. The molecule has 0 spiro atoms. The fraction of sp³-hybridized carbons (Fsp3) is 0.474. The lowest BCUT2D eigenvalue weighted by molar-refractivity contribution is -0.121. The number of aromatic nitrogens is 2. The molecule has 2 rings (SSSR count). The molecule has 0 fully saturated rings. The number of nitrogens with one attached hydrogen (secondary N) is 1. The van der Waals surface area contributed by atoms with E-state index in [1.807, 2.05) is 50.5 Å². The molecule has 1 heterocycles. The largest absolute Gasteiger partial charge is 0.393 e. The average molecular weight is 329 g/mol. The van der Waals surface area contributed by atoms with Crippen LogP contribution in [0.3, 0.4) is 0 Å². The van der Waals surface area contributed by atoms with Crippen molar-refractivity contribution < 1.29 is 9.90 Å². The van der Waals surface area contributed by atoms with Crippen LogP contribution in [0.5, 0.6) is 0 Å². The summed E-state index contributed by atoms with van der Waals surface area (Å²) in [6.07, 6.45) is 3.33. The van der Waals surface area contributed by atoms with E-state index in [2.05, 4.69) is 10.4 Å². The maximum Gasteiger partial charge on any atom is 0.220 e. The van der Waals surface area contributed by atoms with E-state index >= 15 is 0 Å². The molecule has 0 saturated carbocycles. The highest BCUT2D eigenvalue weighted by molar-refractivity contribution is 5.76. The van der Waals surface area contributed by atoms with Crippen molar-refractivity contribution in [1.82, 2.24) is 15.1 Å². The first-order valence-corrected chi connectivity index (χ1v) is 8.44. The van der Waals surface area contributed by atoms with E-state index in [4.69, 9.17) is 0 Å². The SMILES string of the molecule is Cc1nn(C)cc1CCC(=O)NCC(CC(C)O)c1ccccc1. The van der Waals surface area contributed by atoms with Gasteiger partial charge >= 0.3 is 0 Å². The Morgan fingerprint density at radius 2 is 2.04 bits per heavy atom. The van der Waals surface area contributed by atoms with Crippen LogP contribution in [0.1, 0.15) is 42.5 Å². The van der Waals surface area contributed by atoms with E-state index in [0.717, 1.165) is 16.8 Å². The van der Waals surface area contributed by atoms with Crippen molar-refractivity contribution in [3.63, 3.8) is 0 Å². The minimum absolute atomic E-state index is 0.0322. The average Bonchev–Trinajstić information content (AvgIpc) is 2.87. The summed E-state index contributed by atoms with van der Waals surface area (Å²) in [7, 11) is 1.89. The quantitative estimate of drug-likeness (QED) is 0.781. The number of nitrogens with zero attached hydrogens (tertiary/aromatic N) is 2. The summed E-state index contributed by atoms with van der Waals surface area (Å²) in [4.78, 5) is 12.2. The van der Waals surface area contributed by atoms with Crippen molar-refractivity contribution in [1.29, 1.82) is 0 Å². The smallest absolute Gasteiger partial charge is 0.220 e. The molecular weight excluding hydrogens is 302 g/mol. The highest BCUT2D eigenvalue weighted by Gasteiger charge is 2.15. The lowest BCUT2D eigenvalue weighted by Gasteiger charge is -2.19. The van der Waals surface area contributed by atoms with Gasteiger partial charge in [0.25, 0.3) is 0 Å². The number of amides is 1. The van der Waals surface area contributed by atoms with E-state index in [1.165, 1.54) is 0 Å². The number of benzene rings is 1. The van der Waals surface area contributed by atoms with Crippen LogP contribution in [0.25, 0.3) is 0 Å². The van der Waals surface area contributed by atoms with Crippen LogP contribution < -0.4 is 5.32 Å². The summed E-state index contributed by atoms with van der Waals surface area (Å²) >= 11 is 0. The van der Waals surface area contributed by atoms with Gasteiger partial charge in [-0.05, 0) is 37.8 Å². The molecule has 0 aliphatic heterocycles. The molecule has 0 aliphatic rings. The predicted octanol–water partition coefficient (Wildman–Crippen LogP) is 2.33. The number of carbonyl (C=O) groups is 1. The number of aryl methyl sites for hydroxylation is 3. The maximum atomic E-state index is 12.2. The topological polar surface area (TPSA) is 67.2 Å². The van der Waals surface area contributed by atoms with Gasteiger partial charge in [-0.15, -0.1) is 0 Å². The van der Waals surface area contributed by atoms with Gasteiger partial charge in [0, 0.05) is 32.1 Å². The van der Waals surface area contributed by atoms with Crippen molar-refractivity contribution in [2.24, 2.45) is 7.05 Å². The van der Waals surface area contributed by atoms with Crippen molar-refractivity contribution >= 4 is 5.91 Å². The van der Waals surface area contributed by atoms with E-state index < -0.39 is 6.10 Å². The number of hydrogen-bond donors (Lipinski definition) is 2. The monoisotopic (exact) mass is 329 g/mol. The first kappa shape index (κ1) is 18.2. The van der Waals surface area contributed by atoms with Crippen molar-refractivity contribution in [2.45, 2.75) is 45.1 Å². The Hall–Kier alpha value is -2.14. The van der Waals surface area contributed by atoms with Gasteiger partial charge in [0.15, 0.2) is 0 Å². The lowest BCUT2D eigenvalue weighted by atomic mass is 9.93. The van der Waals surface area contributed by atoms with Gasteiger partial charge in [0.2, 0.25) is 5.91 Å². The van der Waals surface area contributed by atoms with Crippen LogP contribution >= 0.6 is 0 Å². The van der Waals surface area contributed by atoms with Gasteiger partial charge in [-0.1, -0.05) is 30.3 Å². The van der Waals surface area contributed by atoms with Gasteiger partial charge in [-0.25, -0.2) is 0 Å². The normalized spacial score (nSPS) is 13.5. The number of rotatable bonds is 8. The molecule has 5 heteroatoms. The highest BCUT2D eigenvalue weighted by atomic mass is 16.3. The van der Waals surface area contributed by atoms with Crippen molar-refractivity contribution in [3.05, 3.63) is 53.3 Å². The van der Waals surface area contributed by atoms with Crippen LogP contribution in [0.2, 0.25) is 0 Å². The molecule has 130 valence electrons. The Morgan fingerprint density at radius 3 is 2.62 bits per heavy atom. The number of hydrogen-bond acceptors (Lipinski definition) is 3. The molecule has 5 nitrogen and oxygen atoms in total. The third-order valence-electron chi connectivity index (χ3n) is 4.18. The molecule has 2 N–H and O–H groups in total. The summed E-state index contributed by atoms with van der Waals surface area (Å²) in [5.74, 6) is 0.153. The Labute approximate surface area is 143 Å². The standard InChI is InChI=1S/C19H27N3O2/c1-14(23)11-18(16-7-5-4-6-8-16)12-20-19(24)10-9-17-13-22(3)21-15(17)2/h4-8,13-14,18,23H,9-12H2,1-3H3,(H,20,24). The van der Waals surface area contributed by atoms with Crippen LogP contribution in [-0.4, -0.2) is 33.4 Å². The first-order valence-electron chi connectivity index (χ1n) is 8.44. The highest BCUT2D eigenvalue weighted by Crippen LogP contribution is 2.20. The zero-order valence-electron chi connectivity index (χ0n) is 14.7. The minimum atomic E-state index is -0.398. The van der Waals surface area contributed by atoms with Crippen LogP contribution in [0.15, 0.2) is 36.5 Å². The summed E-state index contributed by atoms with van der Waals surface area (Å²) in [6.45, 7) is 4.28. The van der Waals surface area contributed by atoms with Gasteiger partial charge < -0.3 is 10.4 Å². The molecule has 0 bridgehead atoms. The molecule has 0 saturated heterocycles. The fourth-order valence-electron chi connectivity index (χ4n) is 2.94. The molecule has 0 aliphatic carbocycles. The van der Waals surface area contributed by atoms with Crippen molar-refractivity contribution in [2.75, 3.05) is 6.54 Å². The third kappa shape index (κ3) is 5.49. The lowest BCUT2D eigenvalue weighted by Crippen LogP contribution is -2.29. The number of aliphatic hydroxyl groups excluding tert-OH is 1.